The highest BCUT2D eigenvalue weighted by Crippen LogP contribution is 2.23. The van der Waals surface area contributed by atoms with Crippen molar-refractivity contribution in [3.63, 3.8) is 0 Å². The molecular weight excluding hydrogens is 456 g/mol. The predicted molar refractivity (Wildman–Crippen MR) is 143 cm³/mol. The molecule has 3 aromatic carbocycles. The summed E-state index contributed by atoms with van der Waals surface area (Å²) in [6.45, 7) is 4.60. The number of nitrogens with zero attached hydrogens (tertiary/aromatic N) is 2. The van der Waals surface area contributed by atoms with Gasteiger partial charge in [-0.3, -0.25) is 14.2 Å². The second-order valence-corrected chi connectivity index (χ2v) is 9.51. The zero-order chi connectivity index (χ0) is 24.4. The van der Waals surface area contributed by atoms with E-state index < -0.39 is 0 Å². The van der Waals surface area contributed by atoms with Crippen molar-refractivity contribution in [3.05, 3.63) is 100.0 Å². The Labute approximate surface area is 207 Å². The first-order valence-electron chi connectivity index (χ1n) is 11.5. The van der Waals surface area contributed by atoms with Gasteiger partial charge < -0.3 is 10.3 Å². The third-order valence-electron chi connectivity index (χ3n) is 6.22. The number of aromatic amines is 1. The Hall–Kier alpha value is -3.84. The largest absolute Gasteiger partial charge is 0.361 e. The summed E-state index contributed by atoms with van der Waals surface area (Å²) in [5.41, 5.74) is 5.75. The first kappa shape index (κ1) is 22.9. The van der Waals surface area contributed by atoms with Gasteiger partial charge in [-0.25, -0.2) is 4.98 Å². The zero-order valence-corrected chi connectivity index (χ0v) is 20.5. The molecule has 0 fully saturated rings. The van der Waals surface area contributed by atoms with Crippen molar-refractivity contribution in [1.82, 2.24) is 19.9 Å². The van der Waals surface area contributed by atoms with Crippen LogP contribution in [-0.2, 0) is 11.2 Å². The molecule has 0 unspecified atom stereocenters. The minimum Gasteiger partial charge on any atom is -0.361 e. The summed E-state index contributed by atoms with van der Waals surface area (Å²) in [6.07, 6.45) is 2.73. The number of hydrogen-bond acceptors (Lipinski definition) is 4. The van der Waals surface area contributed by atoms with E-state index in [1.54, 1.807) is 10.6 Å². The molecule has 0 atom stereocenters. The molecule has 2 heterocycles. The molecule has 2 aromatic heterocycles. The van der Waals surface area contributed by atoms with Crippen LogP contribution in [0.4, 0.5) is 0 Å². The van der Waals surface area contributed by atoms with Crippen LogP contribution in [-0.4, -0.2) is 32.7 Å². The number of rotatable bonds is 7. The summed E-state index contributed by atoms with van der Waals surface area (Å²) >= 11 is 1.27. The van der Waals surface area contributed by atoms with E-state index in [2.05, 4.69) is 16.4 Å². The van der Waals surface area contributed by atoms with Crippen LogP contribution in [0.2, 0.25) is 0 Å². The molecule has 0 spiro atoms. The lowest BCUT2D eigenvalue weighted by molar-refractivity contribution is -0.118. The van der Waals surface area contributed by atoms with Gasteiger partial charge in [-0.1, -0.05) is 48.2 Å². The minimum atomic E-state index is -0.138. The smallest absolute Gasteiger partial charge is 0.266 e. The molecule has 7 heteroatoms. The summed E-state index contributed by atoms with van der Waals surface area (Å²) in [6, 6.07) is 21.4. The molecular formula is C28H26N4O2S. The number of amides is 1. The van der Waals surface area contributed by atoms with E-state index in [0.717, 1.165) is 28.8 Å². The molecule has 0 saturated heterocycles. The molecule has 5 rings (SSSR count). The van der Waals surface area contributed by atoms with E-state index in [4.69, 9.17) is 4.98 Å². The van der Waals surface area contributed by atoms with Crippen LogP contribution < -0.4 is 10.9 Å². The average Bonchev–Trinajstić information content (AvgIpc) is 3.28. The number of carbonyl (C=O) groups excluding carboxylic acids is 1. The maximum atomic E-state index is 13.4. The van der Waals surface area contributed by atoms with Gasteiger partial charge >= 0.3 is 0 Å². The van der Waals surface area contributed by atoms with Crippen molar-refractivity contribution in [2.45, 2.75) is 25.4 Å². The van der Waals surface area contributed by atoms with Crippen LogP contribution in [0.1, 0.15) is 16.7 Å². The molecule has 0 aliphatic rings. The van der Waals surface area contributed by atoms with E-state index in [1.807, 2.05) is 74.6 Å². The number of aryl methyl sites for hydroxylation is 2. The number of benzene rings is 3. The molecule has 176 valence electrons. The molecule has 0 saturated carbocycles. The Balaban J connectivity index is 1.34. The van der Waals surface area contributed by atoms with E-state index in [-0.39, 0.29) is 17.2 Å². The van der Waals surface area contributed by atoms with Gasteiger partial charge in [0.25, 0.3) is 5.56 Å². The molecule has 0 aliphatic carbocycles. The first-order chi connectivity index (χ1) is 17.0. The molecule has 0 radical (unpaired) electrons. The molecule has 5 aromatic rings. The van der Waals surface area contributed by atoms with Crippen LogP contribution in [0, 0.1) is 13.8 Å². The highest BCUT2D eigenvalue weighted by Gasteiger charge is 2.15. The van der Waals surface area contributed by atoms with Gasteiger partial charge in [0, 0.05) is 23.6 Å². The summed E-state index contributed by atoms with van der Waals surface area (Å²) in [5.74, 6) is 0.0765. The van der Waals surface area contributed by atoms with Crippen molar-refractivity contribution < 1.29 is 4.79 Å². The summed E-state index contributed by atoms with van der Waals surface area (Å²) in [5, 5.41) is 5.23. The fraction of sp³-hybridized carbons (Fsp3) is 0.179. The van der Waals surface area contributed by atoms with Crippen LogP contribution in [0.3, 0.4) is 0 Å². The Morgan fingerprint density at radius 3 is 2.60 bits per heavy atom. The van der Waals surface area contributed by atoms with Gasteiger partial charge in [-0.2, -0.15) is 0 Å². The Morgan fingerprint density at radius 1 is 1.00 bits per heavy atom. The zero-order valence-electron chi connectivity index (χ0n) is 19.7. The normalized spacial score (nSPS) is 11.3. The van der Waals surface area contributed by atoms with E-state index in [9.17, 15) is 9.59 Å². The number of thioether (sulfide) groups is 1. The van der Waals surface area contributed by atoms with Gasteiger partial charge in [0.15, 0.2) is 5.16 Å². The SMILES string of the molecule is Cc1ccc(-n2c(SCC(=O)NCCc3c[nH]c4ccccc34)nc3ccccc3c2=O)cc1C. The lowest BCUT2D eigenvalue weighted by atomic mass is 10.1. The second kappa shape index (κ2) is 9.80. The maximum Gasteiger partial charge on any atom is 0.266 e. The number of H-pyrrole nitrogens is 1. The highest BCUT2D eigenvalue weighted by molar-refractivity contribution is 7.99. The second-order valence-electron chi connectivity index (χ2n) is 8.57. The fourth-order valence-electron chi connectivity index (χ4n) is 4.16. The summed E-state index contributed by atoms with van der Waals surface area (Å²) in [4.78, 5) is 34.1. The number of aromatic nitrogens is 3. The molecule has 0 bridgehead atoms. The minimum absolute atomic E-state index is 0.0936. The van der Waals surface area contributed by atoms with Gasteiger partial charge in [-0.15, -0.1) is 0 Å². The van der Waals surface area contributed by atoms with Crippen LogP contribution >= 0.6 is 11.8 Å². The molecule has 0 aliphatic heterocycles. The quantitative estimate of drug-likeness (QED) is 0.255. The molecule has 2 N–H and O–H groups in total. The lowest BCUT2D eigenvalue weighted by Crippen LogP contribution is -2.28. The summed E-state index contributed by atoms with van der Waals surface area (Å²) < 4.78 is 1.61. The predicted octanol–water partition coefficient (Wildman–Crippen LogP) is 4.93. The number of hydrogen-bond donors (Lipinski definition) is 2. The number of fused-ring (bicyclic) bond motifs is 2. The fourth-order valence-corrected chi connectivity index (χ4v) is 5.00. The monoisotopic (exact) mass is 482 g/mol. The van der Waals surface area contributed by atoms with Gasteiger partial charge in [0.1, 0.15) is 0 Å². The standard InChI is InChI=1S/C28H26N4O2S/c1-18-11-12-21(15-19(18)2)32-27(34)23-8-4-6-10-25(23)31-28(32)35-17-26(33)29-14-13-20-16-30-24-9-5-3-7-22(20)24/h3-12,15-16,30H,13-14,17H2,1-2H3,(H,29,33). The average molecular weight is 483 g/mol. The lowest BCUT2D eigenvalue weighted by Gasteiger charge is -2.14. The van der Waals surface area contributed by atoms with E-state index in [1.165, 1.54) is 22.7 Å². The molecule has 35 heavy (non-hydrogen) atoms. The highest BCUT2D eigenvalue weighted by atomic mass is 32.2. The van der Waals surface area contributed by atoms with Crippen LogP contribution in [0.25, 0.3) is 27.5 Å². The van der Waals surface area contributed by atoms with Crippen molar-refractivity contribution >= 4 is 39.5 Å². The molecule has 6 nitrogen and oxygen atoms in total. The Morgan fingerprint density at radius 2 is 1.77 bits per heavy atom. The summed E-state index contributed by atoms with van der Waals surface area (Å²) in [7, 11) is 0. The third kappa shape index (κ3) is 4.72. The molecule has 1 amide bonds. The van der Waals surface area contributed by atoms with Gasteiger partial charge in [-0.05, 0) is 67.3 Å². The van der Waals surface area contributed by atoms with E-state index >= 15 is 0 Å². The maximum absolute atomic E-state index is 13.4. The van der Waals surface area contributed by atoms with Crippen molar-refractivity contribution in [2.24, 2.45) is 0 Å². The van der Waals surface area contributed by atoms with Crippen molar-refractivity contribution in [1.29, 1.82) is 0 Å². The van der Waals surface area contributed by atoms with Gasteiger partial charge in [0.05, 0.1) is 22.3 Å². The number of carbonyl (C=O) groups is 1. The topological polar surface area (TPSA) is 79.8 Å². The Bertz CT molecular complexity index is 1600. The Kier molecular flexibility index (Phi) is 6.42. The van der Waals surface area contributed by atoms with Crippen molar-refractivity contribution in [3.8, 4) is 5.69 Å². The number of nitrogens with one attached hydrogen (secondary N) is 2. The van der Waals surface area contributed by atoms with Crippen LogP contribution in [0.5, 0.6) is 0 Å². The van der Waals surface area contributed by atoms with Crippen LogP contribution in [0.15, 0.2) is 82.9 Å². The first-order valence-corrected chi connectivity index (χ1v) is 12.5. The van der Waals surface area contributed by atoms with E-state index in [0.29, 0.717) is 22.6 Å². The van der Waals surface area contributed by atoms with Crippen molar-refractivity contribution in [2.75, 3.05) is 12.3 Å². The number of para-hydroxylation sites is 2. The third-order valence-corrected chi connectivity index (χ3v) is 7.16. The van der Waals surface area contributed by atoms with Gasteiger partial charge in [0.2, 0.25) is 5.91 Å².